The van der Waals surface area contributed by atoms with E-state index >= 15 is 0 Å². The van der Waals surface area contributed by atoms with Gasteiger partial charge in [0.15, 0.2) is 0 Å². The van der Waals surface area contributed by atoms with Crippen molar-refractivity contribution in [2.75, 3.05) is 0 Å². The summed E-state index contributed by atoms with van der Waals surface area (Å²) in [6, 6.07) is 10.3. The van der Waals surface area contributed by atoms with Crippen molar-refractivity contribution in [3.05, 3.63) is 52.3 Å². The van der Waals surface area contributed by atoms with Crippen molar-refractivity contribution >= 4 is 5.69 Å². The molecule has 0 spiro atoms. The van der Waals surface area contributed by atoms with Crippen molar-refractivity contribution in [3.63, 3.8) is 0 Å². The van der Waals surface area contributed by atoms with Crippen molar-refractivity contribution in [2.45, 2.75) is 32.6 Å². The van der Waals surface area contributed by atoms with Gasteiger partial charge in [0.1, 0.15) is 11.5 Å². The van der Waals surface area contributed by atoms with Crippen molar-refractivity contribution in [2.24, 2.45) is 0 Å². The van der Waals surface area contributed by atoms with E-state index in [1.54, 1.807) is 12.1 Å². The van der Waals surface area contributed by atoms with Crippen LogP contribution in [-0.4, -0.2) is 4.92 Å². The summed E-state index contributed by atoms with van der Waals surface area (Å²) in [6.45, 7) is 2.17. The van der Waals surface area contributed by atoms with Crippen LogP contribution in [-0.2, 0) is 6.42 Å². The van der Waals surface area contributed by atoms with Gasteiger partial charge in [-0.25, -0.2) is 0 Å². The van der Waals surface area contributed by atoms with E-state index in [-0.39, 0.29) is 5.69 Å². The third kappa shape index (κ3) is 3.44. The minimum Gasteiger partial charge on any atom is -0.461 e. The second kappa shape index (κ2) is 6.18. The molecule has 2 rings (SSSR count). The Morgan fingerprint density at radius 2 is 1.84 bits per heavy atom. The number of benzene rings is 1. The Morgan fingerprint density at radius 3 is 2.47 bits per heavy atom. The number of nitrogens with zero attached hydrogens (tertiary/aromatic N) is 1. The van der Waals surface area contributed by atoms with Gasteiger partial charge in [0.25, 0.3) is 5.69 Å². The lowest BCUT2D eigenvalue weighted by atomic mass is 10.1. The van der Waals surface area contributed by atoms with E-state index in [2.05, 4.69) is 6.92 Å². The molecule has 0 saturated carbocycles. The second-order valence-corrected chi connectivity index (χ2v) is 4.53. The lowest BCUT2D eigenvalue weighted by Gasteiger charge is -1.98. The summed E-state index contributed by atoms with van der Waals surface area (Å²) >= 11 is 0. The van der Waals surface area contributed by atoms with Crippen molar-refractivity contribution in [1.82, 2.24) is 0 Å². The largest absolute Gasteiger partial charge is 0.461 e. The van der Waals surface area contributed by atoms with E-state index < -0.39 is 4.92 Å². The smallest absolute Gasteiger partial charge is 0.269 e. The quantitative estimate of drug-likeness (QED) is 0.433. The highest BCUT2D eigenvalue weighted by molar-refractivity contribution is 5.59. The number of rotatable bonds is 6. The first-order valence-electron chi connectivity index (χ1n) is 6.54. The van der Waals surface area contributed by atoms with E-state index in [9.17, 15) is 10.1 Å². The number of hydrogen-bond acceptors (Lipinski definition) is 3. The first kappa shape index (κ1) is 13.3. The van der Waals surface area contributed by atoms with Crippen LogP contribution in [0.25, 0.3) is 11.3 Å². The molecule has 0 amide bonds. The number of aryl methyl sites for hydroxylation is 1. The molecule has 4 nitrogen and oxygen atoms in total. The minimum atomic E-state index is -0.401. The highest BCUT2D eigenvalue weighted by Crippen LogP contribution is 2.25. The number of hydrogen-bond donors (Lipinski definition) is 0. The first-order valence-corrected chi connectivity index (χ1v) is 6.54. The minimum absolute atomic E-state index is 0.0958. The number of nitro groups is 1. The van der Waals surface area contributed by atoms with E-state index in [1.807, 2.05) is 12.1 Å². The van der Waals surface area contributed by atoms with Crippen molar-refractivity contribution in [1.29, 1.82) is 0 Å². The Kier molecular flexibility index (Phi) is 4.34. The van der Waals surface area contributed by atoms with Crippen LogP contribution in [0.2, 0.25) is 0 Å². The van der Waals surface area contributed by atoms with Crippen LogP contribution in [0.1, 0.15) is 31.9 Å². The number of non-ortho nitro benzene ring substituents is 1. The summed E-state index contributed by atoms with van der Waals surface area (Å²) in [5.41, 5.74) is 0.964. The van der Waals surface area contributed by atoms with Crippen LogP contribution in [0.3, 0.4) is 0 Å². The fourth-order valence-electron chi connectivity index (χ4n) is 1.96. The maximum absolute atomic E-state index is 10.6. The zero-order chi connectivity index (χ0) is 13.7. The second-order valence-electron chi connectivity index (χ2n) is 4.53. The van der Waals surface area contributed by atoms with Gasteiger partial charge in [-0.05, 0) is 30.7 Å². The predicted molar refractivity (Wildman–Crippen MR) is 74.0 cm³/mol. The van der Waals surface area contributed by atoms with Crippen LogP contribution >= 0.6 is 0 Å². The molecule has 0 aliphatic carbocycles. The number of unbranched alkanes of at least 4 members (excludes halogenated alkanes) is 2. The Bertz CT molecular complexity index is 543. The normalized spacial score (nSPS) is 10.6. The Balaban J connectivity index is 2.07. The van der Waals surface area contributed by atoms with Crippen molar-refractivity contribution < 1.29 is 9.34 Å². The number of nitro benzene ring substituents is 1. The molecule has 0 bridgehead atoms. The molecule has 0 aliphatic rings. The average molecular weight is 259 g/mol. The molecule has 2 aromatic rings. The van der Waals surface area contributed by atoms with Gasteiger partial charge in [-0.1, -0.05) is 19.8 Å². The molecular formula is C15H17NO3. The SMILES string of the molecule is CCCCCc1ccc(-c2ccc([N+](=O)[O-])cc2)o1. The van der Waals surface area contributed by atoms with Gasteiger partial charge in [0.2, 0.25) is 0 Å². The molecule has 1 aromatic heterocycles. The topological polar surface area (TPSA) is 56.3 Å². The zero-order valence-electron chi connectivity index (χ0n) is 11.0. The Labute approximate surface area is 112 Å². The molecular weight excluding hydrogens is 242 g/mol. The molecule has 0 unspecified atom stereocenters. The highest BCUT2D eigenvalue weighted by Gasteiger charge is 2.08. The summed E-state index contributed by atoms with van der Waals surface area (Å²) in [6.07, 6.45) is 4.47. The number of furan rings is 1. The predicted octanol–water partition coefficient (Wildman–Crippen LogP) is 4.59. The third-order valence-electron chi connectivity index (χ3n) is 3.05. The van der Waals surface area contributed by atoms with Gasteiger partial charge in [0.05, 0.1) is 4.92 Å². The summed E-state index contributed by atoms with van der Waals surface area (Å²) in [4.78, 5) is 10.2. The fraction of sp³-hybridized carbons (Fsp3) is 0.333. The van der Waals surface area contributed by atoms with Crippen LogP contribution in [0.15, 0.2) is 40.8 Å². The van der Waals surface area contributed by atoms with Crippen LogP contribution in [0.5, 0.6) is 0 Å². The molecule has 0 N–H and O–H groups in total. The van der Waals surface area contributed by atoms with Gasteiger partial charge in [-0.15, -0.1) is 0 Å². The monoisotopic (exact) mass is 259 g/mol. The van der Waals surface area contributed by atoms with Crippen LogP contribution in [0.4, 0.5) is 5.69 Å². The zero-order valence-corrected chi connectivity index (χ0v) is 11.0. The van der Waals surface area contributed by atoms with E-state index in [4.69, 9.17) is 4.42 Å². The third-order valence-corrected chi connectivity index (χ3v) is 3.05. The highest BCUT2D eigenvalue weighted by atomic mass is 16.6. The van der Waals surface area contributed by atoms with E-state index in [1.165, 1.54) is 25.0 Å². The van der Waals surface area contributed by atoms with Gasteiger partial charge < -0.3 is 4.42 Å². The van der Waals surface area contributed by atoms with Crippen molar-refractivity contribution in [3.8, 4) is 11.3 Å². The standard InChI is InChI=1S/C15H17NO3/c1-2-3-4-5-14-10-11-15(19-14)12-6-8-13(9-7-12)16(17)18/h6-11H,2-5H2,1H3. The maximum Gasteiger partial charge on any atom is 0.269 e. The first-order chi connectivity index (χ1) is 9.20. The van der Waals surface area contributed by atoms with Gasteiger partial charge in [0, 0.05) is 24.1 Å². The maximum atomic E-state index is 10.6. The summed E-state index contributed by atoms with van der Waals surface area (Å²) in [5, 5.41) is 10.6. The van der Waals surface area contributed by atoms with E-state index in [0.717, 1.165) is 29.9 Å². The fourth-order valence-corrected chi connectivity index (χ4v) is 1.96. The molecule has 1 aromatic carbocycles. The molecule has 0 aliphatic heterocycles. The summed E-state index contributed by atoms with van der Waals surface area (Å²) < 4.78 is 5.75. The van der Waals surface area contributed by atoms with Gasteiger partial charge >= 0.3 is 0 Å². The lowest BCUT2D eigenvalue weighted by molar-refractivity contribution is -0.384. The molecule has 1 heterocycles. The molecule has 4 heteroatoms. The van der Waals surface area contributed by atoms with Gasteiger partial charge in [-0.3, -0.25) is 10.1 Å². The Hall–Kier alpha value is -2.10. The van der Waals surface area contributed by atoms with E-state index in [0.29, 0.717) is 0 Å². The van der Waals surface area contributed by atoms with Gasteiger partial charge in [-0.2, -0.15) is 0 Å². The summed E-state index contributed by atoms with van der Waals surface area (Å²) in [7, 11) is 0. The average Bonchev–Trinajstić information content (AvgIpc) is 2.88. The van der Waals surface area contributed by atoms with Crippen LogP contribution in [0, 0.1) is 10.1 Å². The Morgan fingerprint density at radius 1 is 1.11 bits per heavy atom. The molecule has 0 atom stereocenters. The molecule has 0 saturated heterocycles. The lowest BCUT2D eigenvalue weighted by Crippen LogP contribution is -1.86. The molecule has 0 fully saturated rings. The molecule has 19 heavy (non-hydrogen) atoms. The molecule has 0 radical (unpaired) electrons. The summed E-state index contributed by atoms with van der Waals surface area (Å²) in [5.74, 6) is 1.74. The molecule has 100 valence electrons. The van der Waals surface area contributed by atoms with Crippen LogP contribution < -0.4 is 0 Å².